The van der Waals surface area contributed by atoms with Gasteiger partial charge in [-0.3, -0.25) is 14.8 Å². The number of hydrogen-bond acceptors (Lipinski definition) is 8. The van der Waals surface area contributed by atoms with Gasteiger partial charge in [0.05, 0.1) is 22.8 Å². The van der Waals surface area contributed by atoms with E-state index in [0.29, 0.717) is 17.1 Å². The molecule has 3 heterocycles. The van der Waals surface area contributed by atoms with Crippen LogP contribution in [0, 0.1) is 0 Å². The van der Waals surface area contributed by atoms with Crippen molar-refractivity contribution in [1.82, 2.24) is 19.5 Å². The number of ether oxygens (including phenoxy) is 1. The molecule has 0 spiro atoms. The first-order chi connectivity index (χ1) is 17.5. The zero-order chi connectivity index (χ0) is 27.0. The predicted molar refractivity (Wildman–Crippen MR) is 131 cm³/mol. The van der Waals surface area contributed by atoms with Gasteiger partial charge in [-0.15, -0.1) is 0 Å². The van der Waals surface area contributed by atoms with Crippen LogP contribution < -0.4 is 10.1 Å². The summed E-state index contributed by atoms with van der Waals surface area (Å²) in [4.78, 5) is 18.0. The highest BCUT2D eigenvalue weighted by molar-refractivity contribution is 7.89. The molecule has 0 aliphatic carbocycles. The fourth-order valence-corrected chi connectivity index (χ4v) is 6.14. The van der Waals surface area contributed by atoms with Gasteiger partial charge in [0, 0.05) is 33.2 Å². The average Bonchev–Trinajstić information content (AvgIpc) is 3.18. The molecule has 14 heteroatoms. The second kappa shape index (κ2) is 10.6. The lowest BCUT2D eigenvalue weighted by Gasteiger charge is -2.34. The fraction of sp³-hybridized carbons (Fsp3) is 0.609. The highest BCUT2D eigenvalue weighted by Gasteiger charge is 2.44. The number of amidine groups is 1. The van der Waals surface area contributed by atoms with Crippen molar-refractivity contribution in [3.05, 3.63) is 23.8 Å². The molecule has 1 aromatic rings. The lowest BCUT2D eigenvalue weighted by atomic mass is 9.97. The monoisotopic (exact) mass is 544 g/mol. The number of amides is 1. The second-order valence-electron chi connectivity index (χ2n) is 9.08. The number of hydrogen-bond donors (Lipinski definition) is 1. The highest BCUT2D eigenvalue weighted by atomic mass is 32.2. The first-order valence-corrected chi connectivity index (χ1v) is 13.7. The van der Waals surface area contributed by atoms with Crippen LogP contribution in [0.4, 0.5) is 13.2 Å². The molecule has 10 nitrogen and oxygen atoms in total. The van der Waals surface area contributed by atoms with E-state index in [9.17, 15) is 26.4 Å². The van der Waals surface area contributed by atoms with Gasteiger partial charge in [0.25, 0.3) is 5.91 Å². The predicted octanol–water partition coefficient (Wildman–Crippen LogP) is 2.02. The van der Waals surface area contributed by atoms with Gasteiger partial charge in [-0.2, -0.15) is 22.6 Å². The summed E-state index contributed by atoms with van der Waals surface area (Å²) in [5.41, 5.74) is 1.07. The van der Waals surface area contributed by atoms with Crippen LogP contribution in [0.15, 0.2) is 33.2 Å². The minimum absolute atomic E-state index is 0.117. The Labute approximate surface area is 214 Å². The SMILES string of the molecule is CCCCC1=NN(C)C2C(=O)NC(c3cc(S(=O)(=O)N4CCN(C(F)(F)F)CC4)ccc3OCC)=NC12. The third-order valence-corrected chi connectivity index (χ3v) is 8.53. The van der Waals surface area contributed by atoms with Crippen LogP contribution >= 0.6 is 0 Å². The number of nitrogens with one attached hydrogen (secondary N) is 1. The standard InChI is InChI=1S/C23H31F3N6O4S/c1-4-6-7-17-19-20(30(3)29-17)22(33)28-21(27-19)16-14-15(8-9-18(16)36-5-2)37(34,35)32-12-10-31(11-13-32)23(24,25)26/h8-9,14,19-20H,4-7,10-13H2,1-3H3,(H,27,28,33). The molecule has 0 aromatic heterocycles. The molecular formula is C23H31F3N6O4S. The Morgan fingerprint density at radius 3 is 2.49 bits per heavy atom. The van der Waals surface area contributed by atoms with Gasteiger partial charge in [0.2, 0.25) is 10.0 Å². The van der Waals surface area contributed by atoms with E-state index in [1.807, 2.05) is 0 Å². The number of aliphatic imine (C=N–C) groups is 1. The number of carbonyl (C=O) groups excluding carboxylic acids is 1. The van der Waals surface area contributed by atoms with E-state index in [-0.39, 0.29) is 41.9 Å². The molecule has 37 heavy (non-hydrogen) atoms. The van der Waals surface area contributed by atoms with Crippen LogP contribution in [0.5, 0.6) is 5.75 Å². The smallest absolute Gasteiger partial charge is 0.460 e. The number of benzene rings is 1. The summed E-state index contributed by atoms with van der Waals surface area (Å²) in [6, 6.07) is 3.09. The van der Waals surface area contributed by atoms with Gasteiger partial charge in [0.1, 0.15) is 17.6 Å². The minimum Gasteiger partial charge on any atom is -0.493 e. The minimum atomic E-state index is -4.51. The van der Waals surface area contributed by atoms with E-state index in [0.717, 1.165) is 22.9 Å². The third-order valence-electron chi connectivity index (χ3n) is 6.64. The molecule has 1 saturated heterocycles. The lowest BCUT2D eigenvalue weighted by Crippen LogP contribution is -2.54. The Hall–Kier alpha value is -2.71. The maximum absolute atomic E-state index is 13.3. The summed E-state index contributed by atoms with van der Waals surface area (Å²) in [6.45, 7) is 2.62. The van der Waals surface area contributed by atoms with Crippen molar-refractivity contribution in [2.24, 2.45) is 10.1 Å². The van der Waals surface area contributed by atoms with Crippen molar-refractivity contribution in [2.45, 2.75) is 56.4 Å². The molecular weight excluding hydrogens is 513 g/mol. The average molecular weight is 545 g/mol. The summed E-state index contributed by atoms with van der Waals surface area (Å²) < 4.78 is 72.4. The molecule has 4 rings (SSSR count). The second-order valence-corrected chi connectivity index (χ2v) is 11.0. The van der Waals surface area contributed by atoms with Crippen LogP contribution in [0.2, 0.25) is 0 Å². The molecule has 204 valence electrons. The molecule has 1 fully saturated rings. The van der Waals surface area contributed by atoms with Crippen molar-refractivity contribution in [3.8, 4) is 5.75 Å². The Morgan fingerprint density at radius 1 is 1.16 bits per heavy atom. The number of fused-ring (bicyclic) bond motifs is 1. The van der Waals surface area contributed by atoms with E-state index in [1.165, 1.54) is 18.2 Å². The Kier molecular flexibility index (Phi) is 7.81. The molecule has 0 bridgehead atoms. The number of alkyl halides is 3. The maximum Gasteiger partial charge on any atom is 0.460 e. The van der Waals surface area contributed by atoms with Crippen LogP contribution in [0.3, 0.4) is 0 Å². The van der Waals surface area contributed by atoms with Crippen LogP contribution in [-0.2, 0) is 14.8 Å². The number of nitrogens with zero attached hydrogens (tertiary/aromatic N) is 5. The zero-order valence-corrected chi connectivity index (χ0v) is 21.8. The quantitative estimate of drug-likeness (QED) is 0.502. The van der Waals surface area contributed by atoms with E-state index in [2.05, 4.69) is 17.3 Å². The topological polar surface area (TPSA) is 107 Å². The van der Waals surface area contributed by atoms with Gasteiger partial charge in [0.15, 0.2) is 6.04 Å². The molecule has 1 N–H and O–H groups in total. The molecule has 2 atom stereocenters. The summed E-state index contributed by atoms with van der Waals surface area (Å²) >= 11 is 0. The third kappa shape index (κ3) is 5.46. The maximum atomic E-state index is 13.3. The Balaban J connectivity index is 1.67. The van der Waals surface area contributed by atoms with Crippen molar-refractivity contribution in [2.75, 3.05) is 39.8 Å². The van der Waals surface area contributed by atoms with Crippen molar-refractivity contribution < 1.29 is 31.1 Å². The normalized spacial score (nSPS) is 23.4. The van der Waals surface area contributed by atoms with Crippen LogP contribution in [-0.4, -0.2) is 98.3 Å². The fourth-order valence-electron chi connectivity index (χ4n) is 4.69. The summed E-state index contributed by atoms with van der Waals surface area (Å²) in [7, 11) is -2.39. The number of likely N-dealkylation sites (N-methyl/N-ethyl adjacent to an activating group) is 1. The van der Waals surface area contributed by atoms with E-state index in [1.54, 1.807) is 19.0 Å². The number of halogens is 3. The highest BCUT2D eigenvalue weighted by Crippen LogP contribution is 2.30. The van der Waals surface area contributed by atoms with Crippen LogP contribution in [0.1, 0.15) is 38.7 Å². The van der Waals surface area contributed by atoms with Gasteiger partial charge >= 0.3 is 6.30 Å². The Bertz CT molecular complexity index is 1200. The van der Waals surface area contributed by atoms with Gasteiger partial charge in [-0.05, 0) is 38.0 Å². The Morgan fingerprint density at radius 2 is 1.86 bits per heavy atom. The van der Waals surface area contributed by atoms with Gasteiger partial charge in [-0.25, -0.2) is 13.3 Å². The molecule has 2 unspecified atom stereocenters. The van der Waals surface area contributed by atoms with E-state index >= 15 is 0 Å². The molecule has 1 aromatic carbocycles. The van der Waals surface area contributed by atoms with Crippen molar-refractivity contribution >= 4 is 27.5 Å². The first kappa shape index (κ1) is 27.3. The van der Waals surface area contributed by atoms with Crippen LogP contribution in [0.25, 0.3) is 0 Å². The summed E-state index contributed by atoms with van der Waals surface area (Å²) in [6.07, 6.45) is -1.98. The largest absolute Gasteiger partial charge is 0.493 e. The number of unbranched alkanes of at least 4 members (excludes halogenated alkanes) is 1. The first-order valence-electron chi connectivity index (χ1n) is 12.2. The van der Waals surface area contributed by atoms with Crippen molar-refractivity contribution in [3.63, 3.8) is 0 Å². The number of sulfonamides is 1. The molecule has 1 amide bonds. The van der Waals surface area contributed by atoms with Gasteiger partial charge < -0.3 is 10.1 Å². The summed E-state index contributed by atoms with van der Waals surface area (Å²) in [5, 5.41) is 8.87. The number of carbonyl (C=O) groups is 1. The molecule has 0 saturated carbocycles. The summed E-state index contributed by atoms with van der Waals surface area (Å²) in [5.74, 6) is 0.194. The molecule has 3 aliphatic heterocycles. The van der Waals surface area contributed by atoms with Gasteiger partial charge in [-0.1, -0.05) is 13.3 Å². The van der Waals surface area contributed by atoms with Crippen molar-refractivity contribution in [1.29, 1.82) is 0 Å². The molecule has 0 radical (unpaired) electrons. The zero-order valence-electron chi connectivity index (χ0n) is 21.0. The number of rotatable bonds is 8. The number of hydrazone groups is 1. The number of piperazine rings is 1. The van der Waals surface area contributed by atoms with E-state index in [4.69, 9.17) is 9.73 Å². The van der Waals surface area contributed by atoms with E-state index < -0.39 is 41.5 Å². The lowest BCUT2D eigenvalue weighted by molar-refractivity contribution is -0.250. The molecule has 3 aliphatic rings.